The summed E-state index contributed by atoms with van der Waals surface area (Å²) < 4.78 is 31.0. The highest BCUT2D eigenvalue weighted by atomic mass is 32.2. The number of nitrogens with one attached hydrogen (secondary N) is 1. The van der Waals surface area contributed by atoms with Crippen LogP contribution < -0.4 is 10.5 Å². The molecule has 96 valence electrons. The van der Waals surface area contributed by atoms with Crippen molar-refractivity contribution in [2.45, 2.75) is 32.6 Å². The second-order valence-corrected chi connectivity index (χ2v) is 6.22. The van der Waals surface area contributed by atoms with Crippen molar-refractivity contribution in [1.82, 2.24) is 9.71 Å². The zero-order valence-corrected chi connectivity index (χ0v) is 11.5. The maximum absolute atomic E-state index is 11.7. The first-order valence-corrected chi connectivity index (χ1v) is 6.90. The largest absolute Gasteiger partial charge is 0.444 e. The van der Waals surface area contributed by atoms with E-state index in [-0.39, 0.29) is 11.5 Å². The molecular formula is C9H15N3O3S2. The SMILES string of the molecule is Cc1nc(CNS(=O)(=O)C(C)C(N)=S)oc1C. The van der Waals surface area contributed by atoms with E-state index in [4.69, 9.17) is 10.2 Å². The molecule has 6 nitrogen and oxygen atoms in total. The van der Waals surface area contributed by atoms with Gasteiger partial charge in [0.25, 0.3) is 0 Å². The van der Waals surface area contributed by atoms with E-state index in [1.165, 1.54) is 6.92 Å². The molecule has 1 unspecified atom stereocenters. The number of thiocarbonyl (C=S) groups is 1. The van der Waals surface area contributed by atoms with Crippen LogP contribution in [0.2, 0.25) is 0 Å². The number of hydrogen-bond donors (Lipinski definition) is 2. The number of oxazole rings is 1. The Morgan fingerprint density at radius 2 is 2.18 bits per heavy atom. The van der Waals surface area contributed by atoms with E-state index in [9.17, 15) is 8.42 Å². The van der Waals surface area contributed by atoms with Gasteiger partial charge in [0.1, 0.15) is 11.0 Å². The summed E-state index contributed by atoms with van der Waals surface area (Å²) in [5, 5.41) is -0.922. The molecule has 0 fully saturated rings. The van der Waals surface area contributed by atoms with E-state index in [2.05, 4.69) is 21.9 Å². The molecule has 0 spiro atoms. The van der Waals surface area contributed by atoms with Gasteiger partial charge in [-0.25, -0.2) is 18.1 Å². The number of sulfonamides is 1. The molecule has 8 heteroatoms. The van der Waals surface area contributed by atoms with Gasteiger partial charge in [-0.1, -0.05) is 12.2 Å². The Kier molecular flexibility index (Phi) is 4.23. The average Bonchev–Trinajstić information content (AvgIpc) is 2.54. The Morgan fingerprint density at radius 1 is 1.59 bits per heavy atom. The fourth-order valence-corrected chi connectivity index (χ4v) is 2.32. The molecular weight excluding hydrogens is 262 g/mol. The number of nitrogens with two attached hydrogens (primary N) is 1. The van der Waals surface area contributed by atoms with Gasteiger partial charge in [0.2, 0.25) is 15.9 Å². The van der Waals surface area contributed by atoms with Gasteiger partial charge in [-0.2, -0.15) is 0 Å². The highest BCUT2D eigenvalue weighted by Gasteiger charge is 2.23. The Balaban J connectivity index is 2.71. The first kappa shape index (κ1) is 14.1. The Labute approximate surface area is 106 Å². The summed E-state index contributed by atoms with van der Waals surface area (Å²) in [6.45, 7) is 4.97. The lowest BCUT2D eigenvalue weighted by Gasteiger charge is -2.10. The van der Waals surface area contributed by atoms with E-state index in [0.717, 1.165) is 5.69 Å². The summed E-state index contributed by atoms with van der Waals surface area (Å²) in [7, 11) is -3.58. The van der Waals surface area contributed by atoms with Crippen molar-refractivity contribution < 1.29 is 12.8 Å². The molecule has 0 radical (unpaired) electrons. The molecule has 0 aliphatic heterocycles. The molecule has 17 heavy (non-hydrogen) atoms. The van der Waals surface area contributed by atoms with E-state index in [1.54, 1.807) is 13.8 Å². The number of rotatable bonds is 5. The molecule has 1 rings (SSSR count). The van der Waals surface area contributed by atoms with Gasteiger partial charge in [0.05, 0.1) is 17.2 Å². The summed E-state index contributed by atoms with van der Waals surface area (Å²) in [5.41, 5.74) is 6.03. The summed E-state index contributed by atoms with van der Waals surface area (Å²) in [4.78, 5) is 3.99. The summed E-state index contributed by atoms with van der Waals surface area (Å²) >= 11 is 4.64. The van der Waals surface area contributed by atoms with Crippen molar-refractivity contribution in [1.29, 1.82) is 0 Å². The first-order chi connectivity index (χ1) is 7.74. The van der Waals surface area contributed by atoms with Gasteiger partial charge in [0.15, 0.2) is 0 Å². The fraction of sp³-hybridized carbons (Fsp3) is 0.556. The van der Waals surface area contributed by atoms with Crippen molar-refractivity contribution in [3.05, 3.63) is 17.3 Å². The van der Waals surface area contributed by atoms with Crippen molar-refractivity contribution in [2.24, 2.45) is 5.73 Å². The van der Waals surface area contributed by atoms with Crippen LogP contribution in [0.3, 0.4) is 0 Å². The van der Waals surface area contributed by atoms with Crippen LogP contribution >= 0.6 is 12.2 Å². The first-order valence-electron chi connectivity index (χ1n) is 4.94. The summed E-state index contributed by atoms with van der Waals surface area (Å²) in [5.74, 6) is 0.986. The lowest BCUT2D eigenvalue weighted by Crippen LogP contribution is -2.39. The maximum atomic E-state index is 11.7. The molecule has 1 atom stereocenters. The number of hydrogen-bond acceptors (Lipinski definition) is 5. The van der Waals surface area contributed by atoms with Crippen molar-refractivity contribution in [2.75, 3.05) is 0 Å². The molecule has 0 bridgehead atoms. The molecule has 0 amide bonds. The Bertz CT molecular complexity index is 502. The summed E-state index contributed by atoms with van der Waals surface area (Å²) in [6.07, 6.45) is 0. The predicted molar refractivity (Wildman–Crippen MR) is 68.0 cm³/mol. The highest BCUT2D eigenvalue weighted by Crippen LogP contribution is 2.08. The number of aryl methyl sites for hydroxylation is 2. The quantitative estimate of drug-likeness (QED) is 0.755. The van der Waals surface area contributed by atoms with Crippen LogP contribution in [0.15, 0.2) is 4.42 Å². The topological polar surface area (TPSA) is 98.2 Å². The third-order valence-corrected chi connectivity index (χ3v) is 4.60. The van der Waals surface area contributed by atoms with Crippen LogP contribution in [0, 0.1) is 13.8 Å². The molecule has 0 aromatic carbocycles. The van der Waals surface area contributed by atoms with Crippen molar-refractivity contribution >= 4 is 27.2 Å². The normalized spacial score (nSPS) is 13.6. The van der Waals surface area contributed by atoms with Gasteiger partial charge in [-0.15, -0.1) is 0 Å². The second kappa shape index (κ2) is 5.11. The van der Waals surface area contributed by atoms with Crippen LogP contribution in [0.4, 0.5) is 0 Å². The Hall–Kier alpha value is -0.990. The lowest BCUT2D eigenvalue weighted by molar-refractivity contribution is 0.462. The average molecular weight is 277 g/mol. The molecule has 1 aromatic heterocycles. The van der Waals surface area contributed by atoms with Crippen LogP contribution in [-0.4, -0.2) is 23.6 Å². The smallest absolute Gasteiger partial charge is 0.221 e. The van der Waals surface area contributed by atoms with Crippen molar-refractivity contribution in [3.63, 3.8) is 0 Å². The molecule has 0 aliphatic carbocycles. The molecule has 0 saturated heterocycles. The van der Waals surface area contributed by atoms with Gasteiger partial charge in [-0.05, 0) is 20.8 Å². The van der Waals surface area contributed by atoms with E-state index >= 15 is 0 Å². The zero-order valence-electron chi connectivity index (χ0n) is 9.85. The number of aromatic nitrogens is 1. The molecule has 3 N–H and O–H groups in total. The minimum absolute atomic E-state index is 0.00995. The van der Waals surface area contributed by atoms with Gasteiger partial charge in [-0.3, -0.25) is 0 Å². The second-order valence-electron chi connectivity index (χ2n) is 3.66. The van der Waals surface area contributed by atoms with Crippen LogP contribution in [0.5, 0.6) is 0 Å². The molecule has 0 saturated carbocycles. The third-order valence-electron chi connectivity index (χ3n) is 2.36. The monoisotopic (exact) mass is 277 g/mol. The van der Waals surface area contributed by atoms with E-state index in [1.807, 2.05) is 0 Å². The molecule has 1 aromatic rings. The maximum Gasteiger partial charge on any atom is 0.221 e. The minimum atomic E-state index is -3.58. The third kappa shape index (κ3) is 3.48. The summed E-state index contributed by atoms with van der Waals surface area (Å²) in [6, 6.07) is 0. The molecule has 1 heterocycles. The van der Waals surface area contributed by atoms with Crippen LogP contribution in [-0.2, 0) is 16.6 Å². The fourth-order valence-electron chi connectivity index (χ4n) is 1.06. The zero-order chi connectivity index (χ0) is 13.2. The van der Waals surface area contributed by atoms with E-state index < -0.39 is 15.3 Å². The van der Waals surface area contributed by atoms with Gasteiger partial charge >= 0.3 is 0 Å². The van der Waals surface area contributed by atoms with Gasteiger partial charge in [0, 0.05) is 0 Å². The highest BCUT2D eigenvalue weighted by molar-refractivity contribution is 7.93. The van der Waals surface area contributed by atoms with Gasteiger partial charge < -0.3 is 10.2 Å². The Morgan fingerprint density at radius 3 is 2.59 bits per heavy atom. The standard InChI is InChI=1S/C9H15N3O3S2/c1-5-6(2)15-8(12-5)4-11-17(13,14)7(3)9(10)16/h7,11H,4H2,1-3H3,(H2,10,16). The minimum Gasteiger partial charge on any atom is -0.444 e. The van der Waals surface area contributed by atoms with Crippen LogP contribution in [0.25, 0.3) is 0 Å². The number of nitrogens with zero attached hydrogens (tertiary/aromatic N) is 1. The predicted octanol–water partition coefficient (Wildman–Crippen LogP) is 0.385. The lowest BCUT2D eigenvalue weighted by atomic mass is 10.4. The van der Waals surface area contributed by atoms with E-state index in [0.29, 0.717) is 11.7 Å². The van der Waals surface area contributed by atoms with Crippen LogP contribution in [0.1, 0.15) is 24.3 Å². The van der Waals surface area contributed by atoms with Crippen molar-refractivity contribution in [3.8, 4) is 0 Å². The molecule has 0 aliphatic rings.